The second kappa shape index (κ2) is 7.14. The van der Waals surface area contributed by atoms with Gasteiger partial charge in [0.1, 0.15) is 0 Å². The van der Waals surface area contributed by atoms with Crippen LogP contribution < -0.4 is 5.32 Å². The van der Waals surface area contributed by atoms with Crippen LogP contribution in [0.4, 0.5) is 0 Å². The molecule has 3 heteroatoms. The van der Waals surface area contributed by atoms with E-state index in [9.17, 15) is 5.11 Å². The van der Waals surface area contributed by atoms with Crippen molar-refractivity contribution in [1.82, 2.24) is 5.32 Å². The maximum absolute atomic E-state index is 9.36. The molecule has 0 radical (unpaired) electrons. The van der Waals surface area contributed by atoms with E-state index in [2.05, 4.69) is 66.3 Å². The van der Waals surface area contributed by atoms with E-state index in [-0.39, 0.29) is 12.6 Å². The van der Waals surface area contributed by atoms with Crippen LogP contribution in [0.1, 0.15) is 38.8 Å². The predicted molar refractivity (Wildman–Crippen MR) is 76.0 cm³/mol. The van der Waals surface area contributed by atoms with Crippen molar-refractivity contribution in [3.8, 4) is 0 Å². The Bertz CT molecular complexity index is 323. The molecule has 0 amide bonds. The largest absolute Gasteiger partial charge is 0.395 e. The molecular weight excluding hydrogens is 278 g/mol. The Hall–Kier alpha value is -0.380. The average Bonchev–Trinajstić information content (AvgIpc) is 2.32. The average molecular weight is 300 g/mol. The molecule has 17 heavy (non-hydrogen) atoms. The van der Waals surface area contributed by atoms with Crippen molar-refractivity contribution in [1.29, 1.82) is 0 Å². The molecule has 96 valence electrons. The molecule has 2 atom stereocenters. The Morgan fingerprint density at radius 1 is 1.24 bits per heavy atom. The molecule has 1 rings (SSSR count). The van der Waals surface area contributed by atoms with Crippen molar-refractivity contribution in [2.24, 2.45) is 5.92 Å². The van der Waals surface area contributed by atoms with Gasteiger partial charge in [-0.05, 0) is 30.0 Å². The smallest absolute Gasteiger partial charge is 0.0587 e. The van der Waals surface area contributed by atoms with E-state index in [0.717, 1.165) is 10.9 Å². The Balaban J connectivity index is 2.74. The fourth-order valence-corrected chi connectivity index (χ4v) is 2.12. The van der Waals surface area contributed by atoms with Crippen LogP contribution in [0.15, 0.2) is 28.7 Å². The first-order valence-corrected chi connectivity index (χ1v) is 7.00. The zero-order valence-electron chi connectivity index (χ0n) is 10.8. The molecule has 1 aromatic rings. The van der Waals surface area contributed by atoms with Gasteiger partial charge in [-0.25, -0.2) is 0 Å². The molecule has 0 aromatic heterocycles. The molecular formula is C14H22BrNO. The van der Waals surface area contributed by atoms with E-state index in [0.29, 0.717) is 12.0 Å². The summed E-state index contributed by atoms with van der Waals surface area (Å²) in [6, 6.07) is 8.83. The van der Waals surface area contributed by atoms with E-state index in [1.165, 1.54) is 5.56 Å². The minimum Gasteiger partial charge on any atom is -0.395 e. The van der Waals surface area contributed by atoms with Gasteiger partial charge in [-0.3, -0.25) is 0 Å². The highest BCUT2D eigenvalue weighted by molar-refractivity contribution is 9.10. The first kappa shape index (κ1) is 14.7. The summed E-state index contributed by atoms with van der Waals surface area (Å²) in [5, 5.41) is 12.9. The maximum Gasteiger partial charge on any atom is 0.0587 e. The molecule has 0 aliphatic carbocycles. The highest BCUT2D eigenvalue weighted by Gasteiger charge is 2.17. The summed E-state index contributed by atoms with van der Waals surface area (Å²) >= 11 is 3.44. The number of nitrogens with one attached hydrogen (secondary N) is 1. The summed E-state index contributed by atoms with van der Waals surface area (Å²) in [6.45, 7) is 6.60. The molecule has 0 heterocycles. The van der Waals surface area contributed by atoms with Gasteiger partial charge in [0.15, 0.2) is 0 Å². The Labute approximate surface area is 113 Å². The van der Waals surface area contributed by atoms with Gasteiger partial charge in [-0.1, -0.05) is 48.8 Å². The quantitative estimate of drug-likeness (QED) is 0.842. The standard InChI is InChI=1S/C14H22BrNO/c1-4-13(16-14(9-17)10(2)3)11-5-7-12(15)8-6-11/h5-8,10,13-14,16-17H,4,9H2,1-3H3/t13?,14-/m1/s1. The minimum atomic E-state index is 0.156. The van der Waals surface area contributed by atoms with E-state index >= 15 is 0 Å². The molecule has 0 bridgehead atoms. The zero-order chi connectivity index (χ0) is 12.8. The second-order valence-electron chi connectivity index (χ2n) is 4.71. The Kier molecular flexibility index (Phi) is 6.17. The summed E-state index contributed by atoms with van der Waals surface area (Å²) in [6.07, 6.45) is 1.02. The van der Waals surface area contributed by atoms with Gasteiger partial charge >= 0.3 is 0 Å². The van der Waals surface area contributed by atoms with Gasteiger partial charge in [-0.2, -0.15) is 0 Å². The third-order valence-electron chi connectivity index (χ3n) is 3.10. The van der Waals surface area contributed by atoms with Crippen LogP contribution in [0, 0.1) is 5.92 Å². The lowest BCUT2D eigenvalue weighted by atomic mass is 9.99. The highest BCUT2D eigenvalue weighted by Crippen LogP contribution is 2.21. The molecule has 0 aliphatic rings. The molecule has 1 aromatic carbocycles. The minimum absolute atomic E-state index is 0.156. The summed E-state index contributed by atoms with van der Waals surface area (Å²) < 4.78 is 1.10. The molecule has 2 N–H and O–H groups in total. The normalized spacial score (nSPS) is 14.9. The van der Waals surface area contributed by atoms with Gasteiger partial charge in [0.25, 0.3) is 0 Å². The summed E-state index contributed by atoms with van der Waals surface area (Å²) in [5.74, 6) is 0.435. The van der Waals surface area contributed by atoms with Crippen LogP contribution in [0.25, 0.3) is 0 Å². The molecule has 0 saturated carbocycles. The third kappa shape index (κ3) is 4.41. The van der Waals surface area contributed by atoms with Crippen molar-refractivity contribution in [3.05, 3.63) is 34.3 Å². The fraction of sp³-hybridized carbons (Fsp3) is 0.571. The molecule has 1 unspecified atom stereocenters. The van der Waals surface area contributed by atoms with Gasteiger partial charge in [-0.15, -0.1) is 0 Å². The van der Waals surface area contributed by atoms with Crippen LogP contribution in [0.5, 0.6) is 0 Å². The molecule has 0 saturated heterocycles. The van der Waals surface area contributed by atoms with Crippen LogP contribution in [-0.2, 0) is 0 Å². The number of aliphatic hydroxyl groups is 1. The number of hydrogen-bond acceptors (Lipinski definition) is 2. The molecule has 0 fully saturated rings. The summed E-state index contributed by atoms with van der Waals surface area (Å²) in [5.41, 5.74) is 1.27. The maximum atomic E-state index is 9.36. The van der Waals surface area contributed by atoms with Gasteiger partial charge in [0.05, 0.1) is 6.61 Å². The second-order valence-corrected chi connectivity index (χ2v) is 5.63. The van der Waals surface area contributed by atoms with E-state index < -0.39 is 0 Å². The number of rotatable bonds is 6. The van der Waals surface area contributed by atoms with Crippen LogP contribution in [-0.4, -0.2) is 17.8 Å². The highest BCUT2D eigenvalue weighted by atomic mass is 79.9. The summed E-state index contributed by atoms with van der Waals surface area (Å²) in [7, 11) is 0. The van der Waals surface area contributed by atoms with Crippen molar-refractivity contribution >= 4 is 15.9 Å². The predicted octanol–water partition coefficient (Wildman–Crippen LogP) is 3.51. The van der Waals surface area contributed by atoms with Crippen molar-refractivity contribution in [2.75, 3.05) is 6.61 Å². The van der Waals surface area contributed by atoms with Gasteiger partial charge in [0.2, 0.25) is 0 Å². The van der Waals surface area contributed by atoms with Gasteiger partial charge in [0, 0.05) is 16.6 Å². The van der Waals surface area contributed by atoms with Crippen molar-refractivity contribution in [2.45, 2.75) is 39.3 Å². The van der Waals surface area contributed by atoms with Crippen LogP contribution in [0.2, 0.25) is 0 Å². The number of halogens is 1. The summed E-state index contributed by atoms with van der Waals surface area (Å²) in [4.78, 5) is 0. The Morgan fingerprint density at radius 2 is 1.82 bits per heavy atom. The third-order valence-corrected chi connectivity index (χ3v) is 3.63. The first-order chi connectivity index (χ1) is 8.08. The lowest BCUT2D eigenvalue weighted by Gasteiger charge is -2.26. The number of aliphatic hydroxyl groups excluding tert-OH is 1. The SMILES string of the molecule is CCC(N[C@H](CO)C(C)C)c1ccc(Br)cc1. The Morgan fingerprint density at radius 3 is 2.24 bits per heavy atom. The number of hydrogen-bond donors (Lipinski definition) is 2. The molecule has 0 spiro atoms. The van der Waals surface area contributed by atoms with E-state index in [4.69, 9.17) is 0 Å². The lowest BCUT2D eigenvalue weighted by Crippen LogP contribution is -2.39. The van der Waals surface area contributed by atoms with Gasteiger partial charge < -0.3 is 10.4 Å². The number of benzene rings is 1. The fourth-order valence-electron chi connectivity index (χ4n) is 1.86. The topological polar surface area (TPSA) is 32.3 Å². The molecule has 0 aliphatic heterocycles. The van der Waals surface area contributed by atoms with E-state index in [1.54, 1.807) is 0 Å². The van der Waals surface area contributed by atoms with Crippen LogP contribution in [0.3, 0.4) is 0 Å². The van der Waals surface area contributed by atoms with E-state index in [1.807, 2.05) is 0 Å². The zero-order valence-corrected chi connectivity index (χ0v) is 12.4. The lowest BCUT2D eigenvalue weighted by molar-refractivity contribution is 0.198. The van der Waals surface area contributed by atoms with Crippen molar-refractivity contribution < 1.29 is 5.11 Å². The van der Waals surface area contributed by atoms with Crippen molar-refractivity contribution in [3.63, 3.8) is 0 Å². The molecule has 2 nitrogen and oxygen atoms in total. The monoisotopic (exact) mass is 299 g/mol. The van der Waals surface area contributed by atoms with Crippen LogP contribution >= 0.6 is 15.9 Å². The first-order valence-electron chi connectivity index (χ1n) is 6.20.